The number of carbonyl (C=O) groups excluding carboxylic acids is 1. The van der Waals surface area contributed by atoms with E-state index in [1.165, 1.54) is 4.90 Å². The molecule has 1 unspecified atom stereocenters. The number of benzene rings is 1. The number of rotatable bonds is 2. The van der Waals surface area contributed by atoms with Crippen LogP contribution in [0.4, 0.5) is 13.2 Å². The van der Waals surface area contributed by atoms with Crippen LogP contribution in [0.1, 0.15) is 29.6 Å². The average molecular weight is 273 g/mol. The zero-order valence-corrected chi connectivity index (χ0v) is 10.2. The number of piperidine rings is 1. The van der Waals surface area contributed by atoms with Crippen LogP contribution in [0.3, 0.4) is 0 Å². The molecule has 0 aliphatic carbocycles. The van der Waals surface area contributed by atoms with E-state index in [1.54, 1.807) is 0 Å². The lowest BCUT2D eigenvalue weighted by Gasteiger charge is -2.34. The SMILES string of the molecule is O=C(c1ccc(F)c(F)c1F)N1CCCCC1CO. The first-order chi connectivity index (χ1) is 9.06. The Morgan fingerprint density at radius 2 is 2.00 bits per heavy atom. The molecule has 1 amide bonds. The van der Waals surface area contributed by atoms with Crippen LogP contribution in [-0.2, 0) is 0 Å². The van der Waals surface area contributed by atoms with Gasteiger partial charge in [0.2, 0.25) is 0 Å². The Kier molecular flexibility index (Phi) is 4.09. The van der Waals surface area contributed by atoms with Gasteiger partial charge in [-0.3, -0.25) is 4.79 Å². The molecule has 3 nitrogen and oxygen atoms in total. The second-order valence-corrected chi connectivity index (χ2v) is 4.55. The van der Waals surface area contributed by atoms with Crippen molar-refractivity contribution in [2.75, 3.05) is 13.2 Å². The van der Waals surface area contributed by atoms with Crippen LogP contribution in [0, 0.1) is 17.5 Å². The number of carbonyl (C=O) groups is 1. The molecule has 0 spiro atoms. The monoisotopic (exact) mass is 273 g/mol. The minimum absolute atomic E-state index is 0.225. The molecule has 1 N–H and O–H groups in total. The van der Waals surface area contributed by atoms with Crippen LogP contribution in [0.15, 0.2) is 12.1 Å². The molecule has 1 aromatic rings. The smallest absolute Gasteiger partial charge is 0.257 e. The first kappa shape index (κ1) is 13.9. The fraction of sp³-hybridized carbons (Fsp3) is 0.462. The van der Waals surface area contributed by atoms with Gasteiger partial charge in [0.1, 0.15) is 0 Å². The van der Waals surface area contributed by atoms with Gasteiger partial charge in [-0.15, -0.1) is 0 Å². The fourth-order valence-electron chi connectivity index (χ4n) is 2.30. The lowest BCUT2D eigenvalue weighted by molar-refractivity contribution is 0.0497. The van der Waals surface area contributed by atoms with Gasteiger partial charge < -0.3 is 10.0 Å². The van der Waals surface area contributed by atoms with E-state index in [0.717, 1.165) is 25.0 Å². The van der Waals surface area contributed by atoms with E-state index in [0.29, 0.717) is 13.0 Å². The Balaban J connectivity index is 2.31. The highest BCUT2D eigenvalue weighted by molar-refractivity contribution is 5.94. The Hall–Kier alpha value is -1.56. The second-order valence-electron chi connectivity index (χ2n) is 4.55. The van der Waals surface area contributed by atoms with Crippen LogP contribution < -0.4 is 0 Å². The van der Waals surface area contributed by atoms with Crippen LogP contribution in [0.2, 0.25) is 0 Å². The summed E-state index contributed by atoms with van der Waals surface area (Å²) < 4.78 is 39.5. The summed E-state index contributed by atoms with van der Waals surface area (Å²) in [5.41, 5.74) is -0.501. The van der Waals surface area contributed by atoms with E-state index in [1.807, 2.05) is 0 Å². The van der Waals surface area contributed by atoms with Gasteiger partial charge in [-0.05, 0) is 31.4 Å². The summed E-state index contributed by atoms with van der Waals surface area (Å²) in [5, 5.41) is 9.20. The van der Waals surface area contributed by atoms with E-state index < -0.39 is 35.0 Å². The molecule has 1 heterocycles. The van der Waals surface area contributed by atoms with E-state index in [9.17, 15) is 23.1 Å². The van der Waals surface area contributed by atoms with Gasteiger partial charge in [0.25, 0.3) is 5.91 Å². The number of nitrogens with zero attached hydrogens (tertiary/aromatic N) is 1. The molecule has 0 bridgehead atoms. The number of aliphatic hydroxyl groups excluding tert-OH is 1. The van der Waals surface area contributed by atoms with Gasteiger partial charge in [0.15, 0.2) is 17.5 Å². The maximum absolute atomic E-state index is 13.6. The Morgan fingerprint density at radius 3 is 2.68 bits per heavy atom. The van der Waals surface area contributed by atoms with Crippen LogP contribution in [-0.4, -0.2) is 35.1 Å². The lowest BCUT2D eigenvalue weighted by Crippen LogP contribution is -2.46. The molecule has 6 heteroatoms. The van der Waals surface area contributed by atoms with E-state index in [-0.39, 0.29) is 6.61 Å². The Labute approximate surface area is 108 Å². The van der Waals surface area contributed by atoms with Crippen LogP contribution >= 0.6 is 0 Å². The molecule has 1 aliphatic rings. The minimum Gasteiger partial charge on any atom is -0.394 e. The van der Waals surface area contributed by atoms with Crippen LogP contribution in [0.5, 0.6) is 0 Å². The molecular weight excluding hydrogens is 259 g/mol. The summed E-state index contributed by atoms with van der Waals surface area (Å²) >= 11 is 0. The first-order valence-electron chi connectivity index (χ1n) is 6.11. The summed E-state index contributed by atoms with van der Waals surface area (Å²) in [7, 11) is 0. The van der Waals surface area contributed by atoms with Crippen molar-refractivity contribution < 1.29 is 23.1 Å². The van der Waals surface area contributed by atoms with E-state index in [4.69, 9.17) is 0 Å². The zero-order valence-electron chi connectivity index (χ0n) is 10.2. The Bertz CT molecular complexity index is 493. The van der Waals surface area contributed by atoms with E-state index >= 15 is 0 Å². The maximum atomic E-state index is 13.6. The van der Waals surface area contributed by atoms with Crippen molar-refractivity contribution in [1.82, 2.24) is 4.90 Å². The summed E-state index contributed by atoms with van der Waals surface area (Å²) in [6, 6.07) is 1.26. The van der Waals surface area contributed by atoms with Gasteiger partial charge in [0, 0.05) is 6.54 Å². The van der Waals surface area contributed by atoms with Crippen molar-refractivity contribution >= 4 is 5.91 Å². The summed E-state index contributed by atoms with van der Waals surface area (Å²) in [4.78, 5) is 13.5. The van der Waals surface area contributed by atoms with Gasteiger partial charge in [-0.1, -0.05) is 0 Å². The fourth-order valence-corrected chi connectivity index (χ4v) is 2.30. The van der Waals surface area contributed by atoms with Crippen molar-refractivity contribution in [3.63, 3.8) is 0 Å². The average Bonchev–Trinajstić information content (AvgIpc) is 2.44. The van der Waals surface area contributed by atoms with Gasteiger partial charge in [-0.2, -0.15) is 0 Å². The van der Waals surface area contributed by atoms with Crippen molar-refractivity contribution in [3.8, 4) is 0 Å². The van der Waals surface area contributed by atoms with Gasteiger partial charge in [0.05, 0.1) is 18.2 Å². The number of hydrogen-bond acceptors (Lipinski definition) is 2. The quantitative estimate of drug-likeness (QED) is 0.838. The standard InChI is InChI=1S/C13H14F3NO2/c14-10-5-4-9(11(15)12(10)16)13(19)17-6-2-1-3-8(17)7-18/h4-5,8,18H,1-3,6-7H2. The molecule has 1 atom stereocenters. The number of likely N-dealkylation sites (tertiary alicyclic amines) is 1. The minimum atomic E-state index is -1.65. The molecule has 1 saturated heterocycles. The van der Waals surface area contributed by atoms with Crippen molar-refractivity contribution in [2.45, 2.75) is 25.3 Å². The maximum Gasteiger partial charge on any atom is 0.257 e. The van der Waals surface area contributed by atoms with Crippen molar-refractivity contribution in [3.05, 3.63) is 35.1 Å². The highest BCUT2D eigenvalue weighted by atomic mass is 19.2. The third-order valence-electron chi connectivity index (χ3n) is 3.36. The highest BCUT2D eigenvalue weighted by Crippen LogP contribution is 2.22. The second kappa shape index (κ2) is 5.61. The summed E-state index contributed by atoms with van der Waals surface area (Å²) in [6.07, 6.45) is 2.23. The lowest BCUT2D eigenvalue weighted by atomic mass is 10.0. The topological polar surface area (TPSA) is 40.5 Å². The third kappa shape index (κ3) is 2.58. The van der Waals surface area contributed by atoms with E-state index in [2.05, 4.69) is 0 Å². The van der Waals surface area contributed by atoms with Gasteiger partial charge in [-0.25, -0.2) is 13.2 Å². The van der Waals surface area contributed by atoms with Crippen LogP contribution in [0.25, 0.3) is 0 Å². The number of amides is 1. The third-order valence-corrected chi connectivity index (χ3v) is 3.36. The summed E-state index contributed by atoms with van der Waals surface area (Å²) in [6.45, 7) is 0.152. The molecule has 1 aromatic carbocycles. The normalized spacial score (nSPS) is 19.6. The van der Waals surface area contributed by atoms with Crippen molar-refractivity contribution in [2.24, 2.45) is 0 Å². The molecule has 0 radical (unpaired) electrons. The van der Waals surface area contributed by atoms with Gasteiger partial charge >= 0.3 is 0 Å². The highest BCUT2D eigenvalue weighted by Gasteiger charge is 2.29. The Morgan fingerprint density at radius 1 is 1.26 bits per heavy atom. The molecule has 2 rings (SSSR count). The largest absolute Gasteiger partial charge is 0.394 e. The number of hydrogen-bond donors (Lipinski definition) is 1. The summed E-state index contributed by atoms with van der Waals surface area (Å²) in [5.74, 6) is -5.17. The predicted molar refractivity (Wildman–Crippen MR) is 62.1 cm³/mol. The molecule has 0 saturated carbocycles. The molecule has 19 heavy (non-hydrogen) atoms. The predicted octanol–water partition coefficient (Wildman–Crippen LogP) is 2.09. The number of halogens is 3. The number of aliphatic hydroxyl groups is 1. The first-order valence-corrected chi connectivity index (χ1v) is 6.11. The molecular formula is C13H14F3NO2. The molecule has 1 fully saturated rings. The zero-order chi connectivity index (χ0) is 14.0. The molecule has 0 aromatic heterocycles. The molecule has 104 valence electrons. The van der Waals surface area contributed by atoms with Crippen molar-refractivity contribution in [1.29, 1.82) is 0 Å². The molecule has 1 aliphatic heterocycles.